The lowest BCUT2D eigenvalue weighted by Gasteiger charge is -2.31. The minimum atomic E-state index is -5.04. The van der Waals surface area contributed by atoms with Crippen LogP contribution >= 0.6 is 0 Å². The number of carbonyl (C=O) groups is 2. The van der Waals surface area contributed by atoms with Gasteiger partial charge in [0.25, 0.3) is 0 Å². The first kappa shape index (κ1) is 30.0. The van der Waals surface area contributed by atoms with Crippen LogP contribution in [0, 0.1) is 5.92 Å². The van der Waals surface area contributed by atoms with Crippen molar-refractivity contribution in [3.05, 3.63) is 64.3 Å². The Bertz CT molecular complexity index is 1750. The van der Waals surface area contributed by atoms with E-state index >= 15 is 0 Å². The average molecular weight is 651 g/mol. The summed E-state index contributed by atoms with van der Waals surface area (Å²) in [5.74, 6) is -2.34. The van der Waals surface area contributed by atoms with Crippen LogP contribution in [0.1, 0.15) is 59.7 Å². The normalized spacial score (nSPS) is 24.0. The van der Waals surface area contributed by atoms with Crippen molar-refractivity contribution in [3.63, 3.8) is 0 Å². The molecule has 5 aliphatic rings. The number of nitrogens with zero attached hydrogens (tertiary/aromatic N) is 4. The van der Waals surface area contributed by atoms with Gasteiger partial charge in [-0.05, 0) is 31.4 Å². The molecule has 0 spiro atoms. The van der Waals surface area contributed by atoms with Crippen molar-refractivity contribution in [2.24, 2.45) is 15.9 Å². The number of allylic oxidation sites excluding steroid dienone is 2. The van der Waals surface area contributed by atoms with Gasteiger partial charge in [0.15, 0.2) is 11.5 Å². The van der Waals surface area contributed by atoms with Gasteiger partial charge in [-0.25, -0.2) is 19.6 Å². The standard InChI is InChI=1S/C30H24F6N4O6/c1-43-26(41)14-9-19-24(21(10-14)45-30(34,35)36)38-28(37-19)40-12-15-8-16(40)11-20(15)44-27(42)22-23(39-46-25(22)13-6-7-13)17-4-2-3-5-18(17)29(31,32)33/h2-5,10,13,15-16,20H,6-9,11-12H2,1H3/t15-,16-,20+/m0/s1. The molecule has 16 heteroatoms. The van der Waals surface area contributed by atoms with E-state index in [4.69, 9.17) is 9.26 Å². The van der Waals surface area contributed by atoms with E-state index in [1.54, 1.807) is 4.90 Å². The average Bonchev–Trinajstić information content (AvgIpc) is 3.33. The third-order valence-corrected chi connectivity index (χ3v) is 8.64. The Hall–Kier alpha value is -4.63. The highest BCUT2D eigenvalue weighted by Crippen LogP contribution is 2.47. The highest BCUT2D eigenvalue weighted by Gasteiger charge is 2.50. The molecule has 46 heavy (non-hydrogen) atoms. The van der Waals surface area contributed by atoms with Gasteiger partial charge in [0.2, 0.25) is 5.96 Å². The van der Waals surface area contributed by atoms with Crippen molar-refractivity contribution in [2.75, 3.05) is 13.7 Å². The van der Waals surface area contributed by atoms with E-state index in [0.717, 1.165) is 19.3 Å². The van der Waals surface area contributed by atoms with E-state index in [-0.39, 0.29) is 69.8 Å². The summed E-state index contributed by atoms with van der Waals surface area (Å²) >= 11 is 0. The van der Waals surface area contributed by atoms with Gasteiger partial charge >= 0.3 is 24.5 Å². The van der Waals surface area contributed by atoms with E-state index in [9.17, 15) is 35.9 Å². The van der Waals surface area contributed by atoms with E-state index in [0.29, 0.717) is 32.2 Å². The van der Waals surface area contributed by atoms with Crippen LogP contribution in [0.25, 0.3) is 11.3 Å². The summed E-state index contributed by atoms with van der Waals surface area (Å²) in [5.41, 5.74) is -1.69. The van der Waals surface area contributed by atoms with Crippen molar-refractivity contribution < 1.29 is 54.7 Å². The molecule has 1 aromatic carbocycles. The number of fused-ring (bicyclic) bond motifs is 3. The molecular formula is C30H24F6N4O6. The number of methoxy groups -OCH3 is 1. The maximum absolute atomic E-state index is 13.8. The molecule has 2 aliphatic heterocycles. The Balaban J connectivity index is 1.10. The number of likely N-dealkylation sites (tertiary alicyclic amines) is 1. The smallest absolute Gasteiger partial charge is 0.466 e. The summed E-state index contributed by atoms with van der Waals surface area (Å²) in [4.78, 5) is 36.2. The van der Waals surface area contributed by atoms with Crippen LogP contribution in [0.2, 0.25) is 0 Å². The van der Waals surface area contributed by atoms with Crippen LogP contribution in [0.5, 0.6) is 0 Å². The molecule has 3 atom stereocenters. The van der Waals surface area contributed by atoms with Gasteiger partial charge < -0.3 is 23.6 Å². The third kappa shape index (κ3) is 5.42. The molecule has 0 amide bonds. The van der Waals surface area contributed by atoms with Crippen LogP contribution in [0.4, 0.5) is 26.3 Å². The first-order chi connectivity index (χ1) is 21.8. The predicted molar refractivity (Wildman–Crippen MR) is 145 cm³/mol. The molecule has 3 fully saturated rings. The molecule has 2 saturated carbocycles. The number of benzene rings is 1. The van der Waals surface area contributed by atoms with Crippen LogP contribution in [-0.2, 0) is 25.2 Å². The number of piperidine rings is 1. The van der Waals surface area contributed by atoms with E-state index in [2.05, 4.69) is 24.6 Å². The zero-order chi connectivity index (χ0) is 32.5. The van der Waals surface area contributed by atoms with Gasteiger partial charge in [-0.2, -0.15) is 13.2 Å². The monoisotopic (exact) mass is 650 g/mol. The molecule has 1 saturated heterocycles. The van der Waals surface area contributed by atoms with Gasteiger partial charge in [-0.1, -0.05) is 23.4 Å². The minimum Gasteiger partial charge on any atom is -0.466 e. The number of guanidine groups is 1. The summed E-state index contributed by atoms with van der Waals surface area (Å²) in [6, 6.07) is 4.57. The van der Waals surface area contributed by atoms with Gasteiger partial charge in [0, 0.05) is 48.4 Å². The fourth-order valence-electron chi connectivity index (χ4n) is 6.47. The molecule has 0 unspecified atom stereocenters. The van der Waals surface area contributed by atoms with Gasteiger partial charge in [-0.15, -0.1) is 13.2 Å². The van der Waals surface area contributed by atoms with Crippen molar-refractivity contribution in [3.8, 4) is 11.3 Å². The first-order valence-corrected chi connectivity index (χ1v) is 14.4. The van der Waals surface area contributed by atoms with Crippen LogP contribution in [0.15, 0.2) is 61.9 Å². The molecule has 0 N–H and O–H groups in total. The van der Waals surface area contributed by atoms with E-state index < -0.39 is 41.9 Å². The molecule has 0 radical (unpaired) electrons. The van der Waals surface area contributed by atoms with Crippen molar-refractivity contribution in [1.29, 1.82) is 0 Å². The third-order valence-electron chi connectivity index (χ3n) is 8.64. The number of esters is 2. The predicted octanol–water partition coefficient (Wildman–Crippen LogP) is 5.92. The summed E-state index contributed by atoms with van der Waals surface area (Å²) in [5, 5.41) is 3.88. The second-order valence-corrected chi connectivity index (χ2v) is 11.6. The van der Waals surface area contributed by atoms with Crippen molar-refractivity contribution >= 4 is 23.6 Å². The quantitative estimate of drug-likeness (QED) is 0.280. The number of hydrogen-bond acceptors (Lipinski definition) is 10. The second-order valence-electron chi connectivity index (χ2n) is 11.6. The molecule has 2 bridgehead atoms. The van der Waals surface area contributed by atoms with Crippen molar-refractivity contribution in [2.45, 2.75) is 62.7 Å². The molecule has 7 rings (SSSR count). The molecule has 1 aromatic heterocycles. The maximum Gasteiger partial charge on any atom is 0.573 e. The molecule has 3 heterocycles. The lowest BCUT2D eigenvalue weighted by Crippen LogP contribution is -2.42. The Labute approximate surface area is 256 Å². The Kier molecular flexibility index (Phi) is 7.01. The second kappa shape index (κ2) is 10.7. The number of aromatic nitrogens is 1. The first-order valence-electron chi connectivity index (χ1n) is 14.4. The Morgan fingerprint density at radius 3 is 2.43 bits per heavy atom. The zero-order valence-corrected chi connectivity index (χ0v) is 23.9. The Morgan fingerprint density at radius 1 is 1.02 bits per heavy atom. The fourth-order valence-corrected chi connectivity index (χ4v) is 6.47. The molecule has 242 valence electrons. The number of hydrogen-bond donors (Lipinski definition) is 0. The fraction of sp³-hybridized carbons (Fsp3) is 0.433. The summed E-state index contributed by atoms with van der Waals surface area (Å²) in [6.45, 7) is 0.307. The highest BCUT2D eigenvalue weighted by molar-refractivity contribution is 6.17. The number of ether oxygens (including phenoxy) is 3. The summed E-state index contributed by atoms with van der Waals surface area (Å²) in [7, 11) is 1.10. The molecular weight excluding hydrogens is 626 g/mol. The number of aliphatic imine (C=N–C) groups is 2. The SMILES string of the molecule is COC(=O)C1=CC(OC(F)(F)F)=C2N=C(N3C[C@@H]4C[C@H]3C[C@H]4OC(=O)c3c(-c4ccccc4C(F)(F)F)noc3C3CC3)N=C2C1. The number of alkyl halides is 6. The largest absolute Gasteiger partial charge is 0.573 e. The molecule has 3 aliphatic carbocycles. The van der Waals surface area contributed by atoms with Crippen LogP contribution in [0.3, 0.4) is 0 Å². The van der Waals surface area contributed by atoms with Gasteiger partial charge in [-0.3, -0.25) is 0 Å². The Morgan fingerprint density at radius 2 is 1.78 bits per heavy atom. The number of carbonyl (C=O) groups excluding carboxylic acids is 2. The lowest BCUT2D eigenvalue weighted by atomic mass is 9.99. The van der Waals surface area contributed by atoms with E-state index in [1.807, 2.05) is 0 Å². The lowest BCUT2D eigenvalue weighted by molar-refractivity contribution is -0.303. The number of rotatable bonds is 6. The van der Waals surface area contributed by atoms with Gasteiger partial charge in [0.1, 0.15) is 23.1 Å². The molecule has 10 nitrogen and oxygen atoms in total. The topological polar surface area (TPSA) is 116 Å². The minimum absolute atomic E-state index is 0.0767. The maximum atomic E-state index is 13.8. The molecule has 2 aromatic rings. The van der Waals surface area contributed by atoms with E-state index in [1.165, 1.54) is 18.2 Å². The summed E-state index contributed by atoms with van der Waals surface area (Å²) in [6.07, 6.45) is -7.20. The van der Waals surface area contributed by atoms with Crippen LogP contribution < -0.4 is 0 Å². The van der Waals surface area contributed by atoms with Gasteiger partial charge in [0.05, 0.1) is 18.4 Å². The van der Waals surface area contributed by atoms with Crippen molar-refractivity contribution in [1.82, 2.24) is 10.1 Å². The highest BCUT2D eigenvalue weighted by atomic mass is 19.4. The summed E-state index contributed by atoms with van der Waals surface area (Å²) < 4.78 is 101. The van der Waals surface area contributed by atoms with Crippen LogP contribution in [-0.4, -0.2) is 65.8 Å². The number of halogens is 6. The zero-order valence-electron chi connectivity index (χ0n) is 23.9.